The Morgan fingerprint density at radius 2 is 1.50 bits per heavy atom. The molecule has 0 saturated carbocycles. The van der Waals surface area contributed by atoms with Gasteiger partial charge >= 0.3 is 0 Å². The second-order valence-corrected chi connectivity index (χ2v) is 10.6. The van der Waals surface area contributed by atoms with Crippen LogP contribution in [0.25, 0.3) is 0 Å². The summed E-state index contributed by atoms with van der Waals surface area (Å²) < 4.78 is 6.25. The molecule has 1 fully saturated rings. The molecule has 1 aliphatic heterocycles. The van der Waals surface area contributed by atoms with Crippen LogP contribution in [-0.2, 0) is 4.74 Å². The molecule has 2 nitrogen and oxygen atoms in total. The Hall–Kier alpha value is 0.270. The molecule has 0 bridgehead atoms. The summed E-state index contributed by atoms with van der Waals surface area (Å²) in [6.45, 7) is 13.1. The van der Waals surface area contributed by atoms with E-state index in [-0.39, 0.29) is 46.0 Å². The minimum atomic E-state index is -0.343. The van der Waals surface area contributed by atoms with Crippen molar-refractivity contribution in [2.24, 2.45) is 16.7 Å². The Balaban J connectivity index is 2.96. The van der Waals surface area contributed by atoms with Crippen LogP contribution in [0.4, 0.5) is 0 Å². The third kappa shape index (κ3) is 3.64. The van der Waals surface area contributed by atoms with Crippen LogP contribution in [0.15, 0.2) is 0 Å². The number of aliphatic hydroxyl groups excluding tert-OH is 1. The molecule has 0 radical (unpaired) electrons. The highest BCUT2D eigenvalue weighted by Crippen LogP contribution is 2.46. The van der Waals surface area contributed by atoms with Crippen molar-refractivity contribution < 1.29 is 9.84 Å². The van der Waals surface area contributed by atoms with E-state index in [9.17, 15) is 5.11 Å². The molecule has 18 heavy (non-hydrogen) atoms. The number of ether oxygens (including phenoxy) is 1. The number of thiol groups is 1. The van der Waals surface area contributed by atoms with E-state index in [1.165, 1.54) is 0 Å². The van der Waals surface area contributed by atoms with Crippen LogP contribution in [0, 0.1) is 16.7 Å². The van der Waals surface area contributed by atoms with Gasteiger partial charge in [-0.15, -0.1) is 0 Å². The van der Waals surface area contributed by atoms with Gasteiger partial charge < -0.3 is 9.84 Å². The molecule has 1 heterocycles. The highest BCUT2D eigenvalue weighted by Gasteiger charge is 2.51. The summed E-state index contributed by atoms with van der Waals surface area (Å²) in [6.07, 6.45) is 4.40. The Morgan fingerprint density at radius 3 is 1.83 bits per heavy atom. The Bertz CT molecular complexity index is 275. The van der Waals surface area contributed by atoms with Gasteiger partial charge in [-0.1, -0.05) is 41.5 Å². The van der Waals surface area contributed by atoms with Crippen LogP contribution in [0.2, 0.25) is 0 Å². The summed E-state index contributed by atoms with van der Waals surface area (Å²) in [6, 6.07) is 0. The molecule has 2 unspecified atom stereocenters. The molecule has 1 rings (SSSR count). The van der Waals surface area contributed by atoms with Crippen molar-refractivity contribution in [1.82, 2.24) is 0 Å². The number of aliphatic hydroxyl groups is 1. The first kappa shape index (κ1) is 16.3. The first-order chi connectivity index (χ1) is 7.94. The third-order valence-corrected chi connectivity index (χ3v) is 4.89. The van der Waals surface area contributed by atoms with Gasteiger partial charge in [0.05, 0.1) is 18.3 Å². The summed E-state index contributed by atoms with van der Waals surface area (Å²) in [5.41, 5.74) is 0.0946. The smallest absolute Gasteiger partial charge is 0.0890 e. The van der Waals surface area contributed by atoms with Crippen LogP contribution in [0.1, 0.15) is 41.5 Å². The lowest BCUT2D eigenvalue weighted by molar-refractivity contribution is -0.0466. The number of hydrogen-bond donors (Lipinski definition) is 2. The van der Waals surface area contributed by atoms with E-state index in [1.807, 2.05) is 0 Å². The predicted octanol–water partition coefficient (Wildman–Crippen LogP) is 3.08. The van der Waals surface area contributed by atoms with E-state index in [4.69, 9.17) is 4.74 Å². The van der Waals surface area contributed by atoms with Gasteiger partial charge in [-0.2, -0.15) is 0 Å². The van der Waals surface area contributed by atoms with Gasteiger partial charge in [0.25, 0.3) is 0 Å². The van der Waals surface area contributed by atoms with Crippen LogP contribution in [0.3, 0.4) is 0 Å². The van der Waals surface area contributed by atoms with Crippen molar-refractivity contribution in [3.05, 3.63) is 0 Å². The van der Waals surface area contributed by atoms with Crippen LogP contribution in [-0.4, -0.2) is 41.7 Å². The van der Waals surface area contributed by atoms with E-state index < -0.39 is 0 Å². The molecule has 1 N–H and O–H groups in total. The normalized spacial score (nSPS) is 34.8. The topological polar surface area (TPSA) is 29.5 Å². The van der Waals surface area contributed by atoms with Crippen molar-refractivity contribution in [1.29, 1.82) is 0 Å². The molecule has 4 atom stereocenters. The maximum absolute atomic E-state index is 10.7. The lowest BCUT2D eigenvalue weighted by Gasteiger charge is -2.35. The molecular formula is C15H32O2S. The Labute approximate surface area is 116 Å². The van der Waals surface area contributed by atoms with Gasteiger partial charge in [-0.05, 0) is 23.3 Å². The van der Waals surface area contributed by atoms with Gasteiger partial charge in [-0.25, -0.2) is 0 Å². The van der Waals surface area contributed by atoms with Crippen molar-refractivity contribution in [2.75, 3.05) is 18.3 Å². The molecule has 1 saturated heterocycles. The van der Waals surface area contributed by atoms with Gasteiger partial charge in [0.2, 0.25) is 0 Å². The van der Waals surface area contributed by atoms with E-state index in [0.717, 1.165) is 5.75 Å². The molecule has 1 aliphatic rings. The first-order valence-corrected chi connectivity index (χ1v) is 9.35. The van der Waals surface area contributed by atoms with Crippen molar-refractivity contribution in [2.45, 2.75) is 59.9 Å². The molecule has 0 aromatic rings. The summed E-state index contributed by atoms with van der Waals surface area (Å²) in [5.74, 6) is 1.34. The van der Waals surface area contributed by atoms with Gasteiger partial charge in [0.1, 0.15) is 0 Å². The van der Waals surface area contributed by atoms with E-state index in [1.54, 1.807) is 0 Å². The molecule has 0 aliphatic carbocycles. The average molecular weight is 276 g/mol. The second kappa shape index (κ2) is 5.34. The summed E-state index contributed by atoms with van der Waals surface area (Å²) >= 11 is 0. The second-order valence-electron chi connectivity index (χ2n) is 8.11. The molecule has 110 valence electrons. The van der Waals surface area contributed by atoms with E-state index in [0.29, 0.717) is 0 Å². The van der Waals surface area contributed by atoms with Crippen LogP contribution >= 0.6 is 10.9 Å². The largest absolute Gasteiger partial charge is 0.390 e. The monoisotopic (exact) mass is 276 g/mol. The predicted molar refractivity (Wildman–Crippen MR) is 82.8 cm³/mol. The summed E-state index contributed by atoms with van der Waals surface area (Å²) in [5, 5.41) is 10.7. The van der Waals surface area contributed by atoms with Gasteiger partial charge in [0, 0.05) is 11.7 Å². The molecule has 0 spiro atoms. The van der Waals surface area contributed by atoms with E-state index >= 15 is 0 Å². The molecule has 0 aromatic heterocycles. The summed E-state index contributed by atoms with van der Waals surface area (Å²) in [7, 11) is 0.00465. The third-order valence-electron chi connectivity index (χ3n) is 3.80. The highest BCUT2D eigenvalue weighted by atomic mass is 32.2. The molecule has 0 aromatic carbocycles. The lowest BCUT2D eigenvalue weighted by atomic mass is 9.72. The number of hydrogen-bond acceptors (Lipinski definition) is 2. The SMILES string of the molecule is C[SH](C)C[C@H]1O[C@@H](C(C)(C)C)C(O)C1C(C)(C)C. The average Bonchev–Trinajstić information content (AvgIpc) is 2.39. The highest BCUT2D eigenvalue weighted by molar-refractivity contribution is 8.15. The standard InChI is InChI=1S/C15H32O2S/c1-14(2,3)11-10(9-18(7)8)17-13(12(11)16)15(4,5)6/h10-13,16,18H,9H2,1-8H3/t10-,11?,12?,13-/m1/s1. The van der Waals surface area contributed by atoms with Crippen LogP contribution in [0.5, 0.6) is 0 Å². The fraction of sp³-hybridized carbons (Fsp3) is 1.00. The zero-order valence-corrected chi connectivity index (χ0v) is 14.2. The zero-order valence-electron chi connectivity index (χ0n) is 13.3. The quantitative estimate of drug-likeness (QED) is 0.759. The maximum Gasteiger partial charge on any atom is 0.0890 e. The Kier molecular flexibility index (Phi) is 4.84. The van der Waals surface area contributed by atoms with Crippen molar-refractivity contribution in [3.63, 3.8) is 0 Å². The fourth-order valence-electron chi connectivity index (χ4n) is 3.06. The minimum absolute atomic E-state index is 0.00189. The fourth-order valence-corrected chi connectivity index (χ4v) is 4.10. The maximum atomic E-state index is 10.7. The summed E-state index contributed by atoms with van der Waals surface area (Å²) in [4.78, 5) is 0. The molecule has 0 amide bonds. The minimum Gasteiger partial charge on any atom is -0.390 e. The van der Waals surface area contributed by atoms with Gasteiger partial charge in [0.15, 0.2) is 0 Å². The molecule has 3 heteroatoms. The first-order valence-electron chi connectivity index (χ1n) is 6.93. The van der Waals surface area contributed by atoms with Crippen molar-refractivity contribution in [3.8, 4) is 0 Å². The van der Waals surface area contributed by atoms with Crippen LogP contribution < -0.4 is 0 Å². The molecular weight excluding hydrogens is 244 g/mol. The number of rotatable bonds is 2. The van der Waals surface area contributed by atoms with E-state index in [2.05, 4.69) is 54.1 Å². The van der Waals surface area contributed by atoms with Gasteiger partial charge in [-0.3, -0.25) is 10.9 Å². The van der Waals surface area contributed by atoms with Crippen molar-refractivity contribution >= 4 is 10.9 Å². The zero-order chi connectivity index (χ0) is 14.3. The Morgan fingerprint density at radius 1 is 1.00 bits per heavy atom. The lowest BCUT2D eigenvalue weighted by Crippen LogP contribution is -2.41.